The quantitative estimate of drug-likeness (QED) is 0.0474. The van der Waals surface area contributed by atoms with Gasteiger partial charge in [0.1, 0.15) is 0 Å². The average Bonchev–Trinajstić information content (AvgIpc) is 0.778. The second kappa shape index (κ2) is 42.9. The van der Waals surface area contributed by atoms with E-state index in [1.807, 2.05) is 0 Å². The summed E-state index contributed by atoms with van der Waals surface area (Å²) in [5.74, 6) is 0. The molecule has 0 unspecified atom stereocenters. The van der Waals surface area contributed by atoms with Crippen molar-refractivity contribution < 1.29 is 0 Å². The van der Waals surface area contributed by atoms with Gasteiger partial charge in [-0.2, -0.15) is 0 Å². The van der Waals surface area contributed by atoms with Crippen LogP contribution in [0.5, 0.6) is 0 Å². The van der Waals surface area contributed by atoms with Crippen molar-refractivity contribution in [2.75, 3.05) is 0 Å². The van der Waals surface area contributed by atoms with E-state index in [2.05, 4.69) is 610 Å². The molecule has 0 saturated carbocycles. The minimum atomic E-state index is 1.10. The Bertz CT molecular complexity index is 7550. The third kappa shape index (κ3) is 20.3. The predicted octanol–water partition coefficient (Wildman–Crippen LogP) is 38.0. The Morgan fingerprint density at radius 3 is 0.260 bits per heavy atom. The van der Waals surface area contributed by atoms with Crippen molar-refractivity contribution in [1.82, 2.24) is 0 Å². The molecule has 0 heteroatoms. The van der Waals surface area contributed by atoms with Crippen LogP contribution < -0.4 is 0 Å². The van der Waals surface area contributed by atoms with Crippen LogP contribution in [-0.2, 0) is 0 Å². The van der Waals surface area contributed by atoms with Crippen LogP contribution >= 0.6 is 0 Å². The maximum Gasteiger partial charge on any atom is -0.00268 e. The lowest BCUT2D eigenvalue weighted by atomic mass is 9.84. The summed E-state index contributed by atoms with van der Waals surface area (Å²) in [7, 11) is 0. The first-order chi connectivity index (χ1) is 72.0. The van der Waals surface area contributed by atoms with Crippen LogP contribution in [0.3, 0.4) is 0 Å². The fourth-order valence-electron chi connectivity index (χ4n) is 20.7. The zero-order valence-electron chi connectivity index (χ0n) is 82.4. The third-order valence-corrected chi connectivity index (χ3v) is 28.1. The van der Waals surface area contributed by atoms with Gasteiger partial charge in [-0.15, -0.1) is 0 Å². The largest absolute Gasteiger partial charge is 0.0622 e. The van der Waals surface area contributed by atoms with Gasteiger partial charge in [0.05, 0.1) is 0 Å². The fraction of sp³-hybridized carbons (Fsp3) is 0.0274. The van der Waals surface area contributed by atoms with Crippen molar-refractivity contribution in [3.8, 4) is 66.8 Å². The monoisotopic (exact) mass is 1860 g/mol. The molecule has 0 nitrogen and oxygen atoms in total. The van der Waals surface area contributed by atoms with E-state index in [0.717, 1.165) is 189 Å². The van der Waals surface area contributed by atoms with Gasteiger partial charge in [-0.1, -0.05) is 568 Å². The van der Waals surface area contributed by atoms with Gasteiger partial charge in [0.25, 0.3) is 0 Å². The molecule has 0 aliphatic heterocycles. The van der Waals surface area contributed by atoms with E-state index in [-0.39, 0.29) is 0 Å². The molecule has 22 aromatic carbocycles. The summed E-state index contributed by atoms with van der Waals surface area (Å²) in [6, 6.07) is 215. The zero-order chi connectivity index (χ0) is 98.4. The smallest absolute Gasteiger partial charge is 0.00268 e. The molecule has 146 heavy (non-hydrogen) atoms. The first-order valence-electron chi connectivity index (χ1n) is 50.5. The van der Waals surface area contributed by atoms with Gasteiger partial charge in [0.2, 0.25) is 0 Å². The van der Waals surface area contributed by atoms with E-state index in [1.54, 1.807) is 0 Å². The van der Waals surface area contributed by atoms with Gasteiger partial charge in [-0.25, -0.2) is 0 Å². The molecule has 0 aliphatic rings. The average molecular weight is 1860 g/mol. The second-order valence-corrected chi connectivity index (χ2v) is 37.9. The molecule has 0 saturated heterocycles. The summed E-state index contributed by atoms with van der Waals surface area (Å²) in [5, 5.41) is 0. The van der Waals surface area contributed by atoms with Crippen LogP contribution in [0.15, 0.2) is 582 Å². The molecule has 0 atom stereocenters. The molecule has 0 radical (unpaired) electrons. The molecule has 692 valence electrons. The molecule has 22 rings (SSSR count). The Morgan fingerprint density at radius 1 is 0.0822 bits per heavy atom. The highest BCUT2D eigenvalue weighted by Gasteiger charge is 2.26. The maximum absolute atomic E-state index is 2.39. The molecule has 0 N–H and O–H groups in total. The van der Waals surface area contributed by atoms with Crippen LogP contribution in [-0.4, -0.2) is 0 Å². The van der Waals surface area contributed by atoms with E-state index in [4.69, 9.17) is 0 Å². The van der Waals surface area contributed by atoms with Crippen molar-refractivity contribution in [3.05, 3.63) is 716 Å². The second-order valence-electron chi connectivity index (χ2n) is 37.9. The van der Waals surface area contributed by atoms with E-state index in [9.17, 15) is 0 Å². The third-order valence-electron chi connectivity index (χ3n) is 28.1. The first-order valence-corrected chi connectivity index (χ1v) is 50.5. The molecule has 0 amide bonds. The number of hydrogen-bond donors (Lipinski definition) is 0. The lowest BCUT2D eigenvalue weighted by molar-refractivity contribution is 1.44. The van der Waals surface area contributed by atoms with Gasteiger partial charge in [-0.3, -0.25) is 0 Å². The van der Waals surface area contributed by atoms with E-state index < -0.39 is 0 Å². The van der Waals surface area contributed by atoms with Crippen molar-refractivity contribution in [3.63, 3.8) is 0 Å². The Morgan fingerprint density at radius 2 is 0.164 bits per heavy atom. The van der Waals surface area contributed by atoms with Gasteiger partial charge in [0.15, 0.2) is 0 Å². The van der Waals surface area contributed by atoms with E-state index >= 15 is 0 Å². The van der Waals surface area contributed by atoms with Crippen molar-refractivity contribution in [2.45, 2.75) is 27.7 Å². The van der Waals surface area contributed by atoms with E-state index in [1.165, 1.54) is 66.8 Å². The Labute approximate surface area is 859 Å². The highest BCUT2D eigenvalue weighted by atomic mass is 14.3. The summed E-state index contributed by atoms with van der Waals surface area (Å²) >= 11 is 0. The van der Waals surface area contributed by atoms with Gasteiger partial charge >= 0.3 is 0 Å². The highest BCUT2D eigenvalue weighted by Crippen LogP contribution is 2.48. The summed E-state index contributed by atoms with van der Waals surface area (Å²) in [6.07, 6.45) is 0. The van der Waals surface area contributed by atoms with Crippen LogP contribution in [0.1, 0.15) is 134 Å². The number of rotatable bonds is 26. The zero-order valence-corrected chi connectivity index (χ0v) is 82.4. The molecule has 0 aliphatic carbocycles. The Hall–Kier alpha value is -18.5. The molecule has 22 aromatic rings. The number of hydrogen-bond acceptors (Lipinski definition) is 0. The standard InChI is InChI=1S/C146H108/c1-101-55-63-121(64-56-101)137(111-35-15-5-16-36-111)141(115-43-23-9-24-44-115)125-83-71-105(72-84-125)131-95-132(106-73-85-126(86-74-106)142(116-45-25-10-26-46-116)138(112-37-17-6-18-38-112)122-65-57-102(2)58-66-122)98-135(97-131)109-79-91-129(92-80-109)145(119-51-31-13-32-52-119)146(120-53-33-14-34-54-120)130-93-81-110(82-94-130)136-99-133(107-75-87-127(88-76-107)143(117-47-27-11-28-48-117)139(113-39-19-7-20-40-113)123-67-59-103(3)60-68-123)96-134(100-136)108-77-89-128(90-78-108)144(118-49-29-12-30-50-118)140(114-41-21-8-22-42-114)124-69-61-104(4)62-70-124/h5-100H,1-4H3/b141-137-,142-138+,143-139-,144-140+,146-145+. The van der Waals surface area contributed by atoms with Gasteiger partial charge < -0.3 is 0 Å². The van der Waals surface area contributed by atoms with E-state index in [0.29, 0.717) is 0 Å². The SMILES string of the molecule is Cc1ccc(/C(=C(/c2ccccc2)c2ccc(-c3cc(-c4ccc(/C(=C(\c5ccccc5)c5ccc(C)cc5)c5ccccc5)cc4)cc(-c4ccc(/C(=C(\c5ccccc5)c5ccc(-c6cc(-c7ccc(/C(=C(/c8ccccc8)c8ccc(C)cc8)c8ccccc8)cc7)cc(-c7ccc(/C(=C(\c8ccccc8)c8ccc(C)cc8)c8ccccc8)cc7)c6)cc5)c5ccccc5)cc4)c3)cc2)c2ccccc2)cc1. The van der Waals surface area contributed by atoms with Crippen LogP contribution in [0.25, 0.3) is 122 Å². The maximum atomic E-state index is 2.39. The molecule has 0 heterocycles. The summed E-state index contributed by atoms with van der Waals surface area (Å²) in [6.45, 7) is 8.64. The minimum absolute atomic E-state index is 1.10. The first kappa shape index (κ1) is 92.6. The van der Waals surface area contributed by atoms with Crippen LogP contribution in [0, 0.1) is 27.7 Å². The molecule has 0 aromatic heterocycles. The number of benzene rings is 22. The minimum Gasteiger partial charge on any atom is -0.0622 e. The molecular weight excluding hydrogens is 1750 g/mol. The van der Waals surface area contributed by atoms with Crippen LogP contribution in [0.4, 0.5) is 0 Å². The fourth-order valence-corrected chi connectivity index (χ4v) is 20.7. The Balaban J connectivity index is 0.678. The highest BCUT2D eigenvalue weighted by molar-refractivity contribution is 6.10. The predicted molar refractivity (Wildman–Crippen MR) is 620 cm³/mol. The van der Waals surface area contributed by atoms with Crippen molar-refractivity contribution in [1.29, 1.82) is 0 Å². The normalized spacial score (nSPS) is 12.2. The van der Waals surface area contributed by atoms with Crippen molar-refractivity contribution >= 4 is 55.7 Å². The topological polar surface area (TPSA) is 0 Å². The lowest BCUT2D eigenvalue weighted by Crippen LogP contribution is -1.98. The van der Waals surface area contributed by atoms with Gasteiger partial charge in [-0.05, 0) is 298 Å². The molecule has 0 fully saturated rings. The van der Waals surface area contributed by atoms with Crippen molar-refractivity contribution in [2.24, 2.45) is 0 Å². The Kier molecular flexibility index (Phi) is 27.2. The molecular formula is C146H108. The summed E-state index contributed by atoms with van der Waals surface area (Å²) in [5.41, 5.74) is 52.7. The molecule has 0 bridgehead atoms. The molecule has 0 spiro atoms. The summed E-state index contributed by atoms with van der Waals surface area (Å²) < 4.78 is 0. The summed E-state index contributed by atoms with van der Waals surface area (Å²) in [4.78, 5) is 0. The number of aryl methyl sites for hydroxylation is 4. The lowest BCUT2D eigenvalue weighted by Gasteiger charge is -2.20. The van der Waals surface area contributed by atoms with Gasteiger partial charge in [0, 0.05) is 0 Å². The van der Waals surface area contributed by atoms with Crippen LogP contribution in [0.2, 0.25) is 0 Å².